The quantitative estimate of drug-likeness (QED) is 0.775. The van der Waals surface area contributed by atoms with Crippen LogP contribution in [0.15, 0.2) is 42.5 Å². The number of halogens is 1. The van der Waals surface area contributed by atoms with Crippen LogP contribution >= 0.6 is 0 Å². The average Bonchev–Trinajstić information content (AvgIpc) is 2.34. The molecule has 0 aliphatic carbocycles. The fraction of sp³-hybridized carbons (Fsp3) is 0. The van der Waals surface area contributed by atoms with Crippen LogP contribution in [0.25, 0.3) is 0 Å². The molecule has 0 unspecified atom stereocenters. The van der Waals surface area contributed by atoms with Gasteiger partial charge in [0.25, 0.3) is 0 Å². The fourth-order valence-electron chi connectivity index (χ4n) is 1.44. The zero-order valence-corrected chi connectivity index (χ0v) is 8.94. The van der Waals surface area contributed by atoms with Crippen LogP contribution in [0.2, 0.25) is 0 Å². The van der Waals surface area contributed by atoms with Gasteiger partial charge in [-0.2, -0.15) is 5.26 Å². The first kappa shape index (κ1) is 11.0. The highest BCUT2D eigenvalue weighted by Gasteiger charge is 2.01. The van der Waals surface area contributed by atoms with Crippen molar-refractivity contribution in [3.63, 3.8) is 0 Å². The predicted molar refractivity (Wildman–Crippen MR) is 65.3 cm³/mol. The van der Waals surface area contributed by atoms with Crippen molar-refractivity contribution in [3.05, 3.63) is 53.8 Å². The summed E-state index contributed by atoms with van der Waals surface area (Å²) in [5, 5.41) is 11.8. The van der Waals surface area contributed by atoms with Gasteiger partial charge in [-0.25, -0.2) is 4.39 Å². The number of hydrogen-bond donors (Lipinski definition) is 2. The van der Waals surface area contributed by atoms with Gasteiger partial charge in [-0.1, -0.05) is 6.07 Å². The molecule has 0 bridgehead atoms. The third kappa shape index (κ3) is 2.52. The summed E-state index contributed by atoms with van der Waals surface area (Å²) in [4.78, 5) is 0. The van der Waals surface area contributed by atoms with Crippen LogP contribution in [0, 0.1) is 17.1 Å². The van der Waals surface area contributed by atoms with Crippen molar-refractivity contribution in [1.29, 1.82) is 5.26 Å². The van der Waals surface area contributed by atoms with E-state index in [4.69, 9.17) is 11.0 Å². The summed E-state index contributed by atoms with van der Waals surface area (Å²) in [6, 6.07) is 13.5. The number of nitrogens with one attached hydrogen (secondary N) is 1. The predicted octanol–water partition coefficient (Wildman–Crippen LogP) is 3.02. The molecule has 2 aromatic rings. The smallest absolute Gasteiger partial charge is 0.148 e. The fourth-order valence-corrected chi connectivity index (χ4v) is 1.44. The third-order valence-electron chi connectivity index (χ3n) is 2.28. The minimum Gasteiger partial charge on any atom is -0.396 e. The molecule has 0 atom stereocenters. The van der Waals surface area contributed by atoms with Crippen LogP contribution in [-0.4, -0.2) is 0 Å². The molecular formula is C13H10FN3. The standard InChI is InChI=1S/C13H10FN3/c14-12-7-11(4-5-13(12)16)17-10-3-1-2-9(6-10)8-15/h1-7,17H,16H2. The van der Waals surface area contributed by atoms with Crippen molar-refractivity contribution in [2.75, 3.05) is 11.1 Å². The molecule has 17 heavy (non-hydrogen) atoms. The maximum atomic E-state index is 13.2. The zero-order chi connectivity index (χ0) is 12.3. The Labute approximate surface area is 98.3 Å². The molecule has 0 spiro atoms. The van der Waals surface area contributed by atoms with E-state index in [-0.39, 0.29) is 5.69 Å². The first-order valence-electron chi connectivity index (χ1n) is 5.01. The van der Waals surface area contributed by atoms with Gasteiger partial charge in [0.1, 0.15) is 5.82 Å². The number of nitrogen functional groups attached to an aromatic ring is 1. The van der Waals surface area contributed by atoms with Gasteiger partial charge in [-0.15, -0.1) is 0 Å². The molecule has 0 amide bonds. The molecule has 0 saturated carbocycles. The van der Waals surface area contributed by atoms with Gasteiger partial charge in [-0.05, 0) is 36.4 Å². The van der Waals surface area contributed by atoms with Crippen LogP contribution < -0.4 is 11.1 Å². The minimum absolute atomic E-state index is 0.112. The number of nitriles is 1. The number of anilines is 3. The van der Waals surface area contributed by atoms with Gasteiger partial charge >= 0.3 is 0 Å². The number of hydrogen-bond acceptors (Lipinski definition) is 3. The van der Waals surface area contributed by atoms with Gasteiger partial charge in [0.05, 0.1) is 17.3 Å². The number of rotatable bonds is 2. The number of nitrogens with zero attached hydrogens (tertiary/aromatic N) is 1. The summed E-state index contributed by atoms with van der Waals surface area (Å²) in [6.07, 6.45) is 0. The molecule has 0 aliphatic heterocycles. The molecule has 2 aromatic carbocycles. The van der Waals surface area contributed by atoms with E-state index in [1.807, 2.05) is 6.07 Å². The van der Waals surface area contributed by atoms with Crippen molar-refractivity contribution in [3.8, 4) is 6.07 Å². The van der Waals surface area contributed by atoms with Crippen molar-refractivity contribution in [2.24, 2.45) is 0 Å². The molecule has 4 heteroatoms. The van der Waals surface area contributed by atoms with Crippen LogP contribution in [0.3, 0.4) is 0 Å². The molecule has 2 rings (SSSR count). The highest BCUT2D eigenvalue weighted by molar-refractivity contribution is 5.63. The normalized spacial score (nSPS) is 9.65. The second kappa shape index (κ2) is 4.54. The Bertz CT molecular complexity index is 587. The Hall–Kier alpha value is -2.54. The molecule has 3 N–H and O–H groups in total. The Balaban J connectivity index is 2.25. The minimum atomic E-state index is -0.466. The molecule has 3 nitrogen and oxygen atoms in total. The first-order chi connectivity index (χ1) is 8.19. The molecule has 0 saturated heterocycles. The highest BCUT2D eigenvalue weighted by atomic mass is 19.1. The second-order valence-electron chi connectivity index (χ2n) is 3.55. The van der Waals surface area contributed by atoms with E-state index in [0.29, 0.717) is 11.3 Å². The van der Waals surface area contributed by atoms with Crippen molar-refractivity contribution >= 4 is 17.1 Å². The molecule has 84 valence electrons. The maximum absolute atomic E-state index is 13.2. The first-order valence-corrected chi connectivity index (χ1v) is 5.01. The molecular weight excluding hydrogens is 217 g/mol. The second-order valence-corrected chi connectivity index (χ2v) is 3.55. The lowest BCUT2D eigenvalue weighted by molar-refractivity contribution is 0.633. The summed E-state index contributed by atoms with van der Waals surface area (Å²) < 4.78 is 13.2. The van der Waals surface area contributed by atoms with Crippen LogP contribution in [0.4, 0.5) is 21.5 Å². The Kier molecular flexibility index (Phi) is 2.93. The third-order valence-corrected chi connectivity index (χ3v) is 2.28. The number of benzene rings is 2. The van der Waals surface area contributed by atoms with Crippen molar-refractivity contribution in [2.45, 2.75) is 0 Å². The van der Waals surface area contributed by atoms with Crippen LogP contribution in [-0.2, 0) is 0 Å². The van der Waals surface area contributed by atoms with E-state index in [9.17, 15) is 4.39 Å². The van der Waals surface area contributed by atoms with Gasteiger partial charge in [0.15, 0.2) is 0 Å². The molecule has 0 heterocycles. The number of nitrogens with two attached hydrogens (primary N) is 1. The van der Waals surface area contributed by atoms with Gasteiger partial charge < -0.3 is 11.1 Å². The largest absolute Gasteiger partial charge is 0.396 e. The lowest BCUT2D eigenvalue weighted by Gasteiger charge is -2.07. The summed E-state index contributed by atoms with van der Waals surface area (Å²) in [5.41, 5.74) is 7.36. The van der Waals surface area contributed by atoms with Crippen molar-refractivity contribution < 1.29 is 4.39 Å². The van der Waals surface area contributed by atoms with E-state index in [2.05, 4.69) is 5.32 Å². The lowest BCUT2D eigenvalue weighted by Crippen LogP contribution is -1.94. The summed E-state index contributed by atoms with van der Waals surface area (Å²) in [7, 11) is 0. The molecule has 0 fully saturated rings. The van der Waals surface area contributed by atoms with E-state index >= 15 is 0 Å². The monoisotopic (exact) mass is 227 g/mol. The van der Waals surface area contributed by atoms with Gasteiger partial charge in [-0.3, -0.25) is 0 Å². The summed E-state index contributed by atoms with van der Waals surface area (Å²) >= 11 is 0. The highest BCUT2D eigenvalue weighted by Crippen LogP contribution is 2.20. The molecule has 0 radical (unpaired) electrons. The zero-order valence-electron chi connectivity index (χ0n) is 8.94. The van der Waals surface area contributed by atoms with Crippen molar-refractivity contribution in [1.82, 2.24) is 0 Å². The summed E-state index contributed by atoms with van der Waals surface area (Å²) in [5.74, 6) is -0.466. The van der Waals surface area contributed by atoms with Gasteiger partial charge in [0, 0.05) is 11.4 Å². The Morgan fingerprint density at radius 2 is 1.88 bits per heavy atom. The van der Waals surface area contributed by atoms with Gasteiger partial charge in [0.2, 0.25) is 0 Å². The van der Waals surface area contributed by atoms with E-state index < -0.39 is 5.82 Å². The summed E-state index contributed by atoms with van der Waals surface area (Å²) in [6.45, 7) is 0. The average molecular weight is 227 g/mol. The topological polar surface area (TPSA) is 61.8 Å². The van der Waals surface area contributed by atoms with Crippen LogP contribution in [0.5, 0.6) is 0 Å². The maximum Gasteiger partial charge on any atom is 0.148 e. The lowest BCUT2D eigenvalue weighted by atomic mass is 10.2. The SMILES string of the molecule is N#Cc1cccc(Nc2ccc(N)c(F)c2)c1. The van der Waals surface area contributed by atoms with E-state index in [1.165, 1.54) is 12.1 Å². The molecule has 0 aliphatic rings. The van der Waals surface area contributed by atoms with E-state index in [1.54, 1.807) is 30.3 Å². The van der Waals surface area contributed by atoms with Crippen LogP contribution in [0.1, 0.15) is 5.56 Å². The van der Waals surface area contributed by atoms with E-state index in [0.717, 1.165) is 5.69 Å². The Morgan fingerprint density at radius 1 is 1.12 bits per heavy atom. The Morgan fingerprint density at radius 3 is 2.59 bits per heavy atom. The molecule has 0 aromatic heterocycles.